The van der Waals surface area contributed by atoms with Gasteiger partial charge in [-0.3, -0.25) is 0 Å². The van der Waals surface area contributed by atoms with Crippen molar-refractivity contribution in [2.45, 2.75) is 37.6 Å². The minimum absolute atomic E-state index is 0.0865. The molecule has 5 atom stereocenters. The molecule has 0 radical (unpaired) electrons. The number of carboxylic acid groups (broad SMARTS) is 1. The molecule has 2 aromatic rings. The zero-order valence-electron chi connectivity index (χ0n) is 13.4. The van der Waals surface area contributed by atoms with Crippen LogP contribution in [-0.4, -0.2) is 62.2 Å². The van der Waals surface area contributed by atoms with Gasteiger partial charge < -0.3 is 39.4 Å². The average molecular weight is 368 g/mol. The lowest BCUT2D eigenvalue weighted by molar-refractivity contribution is -0.271. The second-order valence-electron chi connectivity index (χ2n) is 5.92. The van der Waals surface area contributed by atoms with E-state index in [0.29, 0.717) is 10.9 Å². The summed E-state index contributed by atoms with van der Waals surface area (Å²) in [6.07, 6.45) is -9.05. The molecule has 0 aliphatic carbocycles. The highest BCUT2D eigenvalue weighted by Gasteiger charge is 2.48. The number of aliphatic hydroxyl groups is 3. The first-order chi connectivity index (χ1) is 12.2. The zero-order valence-corrected chi connectivity index (χ0v) is 13.4. The van der Waals surface area contributed by atoms with Crippen molar-refractivity contribution in [2.75, 3.05) is 0 Å². The number of hydrogen-bond donors (Lipinski definition) is 5. The smallest absolute Gasteiger partial charge is 0.336 e. The van der Waals surface area contributed by atoms with Gasteiger partial charge in [0.2, 0.25) is 6.29 Å². The number of rotatable bonds is 3. The third kappa shape index (κ3) is 3.10. The highest BCUT2D eigenvalue weighted by atomic mass is 16.7. The van der Waals surface area contributed by atoms with Gasteiger partial charge in [0.1, 0.15) is 23.9 Å². The molecule has 0 saturated carbocycles. The van der Waals surface area contributed by atoms with Crippen LogP contribution in [0.5, 0.6) is 11.5 Å². The number of aryl methyl sites for hydroxylation is 1. The molecule has 3 rings (SSSR count). The lowest BCUT2D eigenvalue weighted by Gasteiger charge is -2.38. The number of phenols is 1. The monoisotopic (exact) mass is 368 g/mol. The van der Waals surface area contributed by atoms with Gasteiger partial charge in [-0.25, -0.2) is 9.59 Å². The molecule has 1 aliphatic rings. The number of carbonyl (C=O) groups is 1. The summed E-state index contributed by atoms with van der Waals surface area (Å²) in [6, 6.07) is 3.67. The zero-order chi connectivity index (χ0) is 19.2. The standard InChI is InChI=1S/C16H16O10/c1-5-2-10(18)24-8-4-9(7(17)3-6(5)8)25-16-13(21)11(19)12(20)14(26-16)15(22)23/h2-4,11-14,16-17,19-21H,1H3,(H,22,23)/t11-,12-,13+,14-,16+/m0/s1. The quantitative estimate of drug-likeness (QED) is 0.427. The van der Waals surface area contributed by atoms with Crippen molar-refractivity contribution in [3.8, 4) is 11.5 Å². The van der Waals surface area contributed by atoms with E-state index in [0.717, 1.165) is 0 Å². The number of aromatic hydroxyl groups is 1. The first kappa shape index (κ1) is 18.1. The van der Waals surface area contributed by atoms with Gasteiger partial charge in [0.25, 0.3) is 0 Å². The summed E-state index contributed by atoms with van der Waals surface area (Å²) < 4.78 is 15.3. The number of ether oxygens (including phenoxy) is 2. The van der Waals surface area contributed by atoms with E-state index < -0.39 is 48.1 Å². The van der Waals surface area contributed by atoms with E-state index in [2.05, 4.69) is 0 Å². The van der Waals surface area contributed by atoms with Crippen molar-refractivity contribution >= 4 is 16.9 Å². The molecule has 0 amide bonds. The molecule has 2 heterocycles. The maximum atomic E-state index is 11.5. The Morgan fingerprint density at radius 3 is 2.46 bits per heavy atom. The van der Waals surface area contributed by atoms with Gasteiger partial charge in [-0.1, -0.05) is 0 Å². The minimum atomic E-state index is -1.87. The van der Waals surface area contributed by atoms with Crippen LogP contribution in [0.25, 0.3) is 11.0 Å². The first-order valence-electron chi connectivity index (χ1n) is 7.55. The van der Waals surface area contributed by atoms with Crippen LogP contribution in [0.2, 0.25) is 0 Å². The Labute approximate surface area is 145 Å². The molecule has 5 N–H and O–H groups in total. The van der Waals surface area contributed by atoms with Crippen LogP contribution in [0.4, 0.5) is 0 Å². The van der Waals surface area contributed by atoms with Gasteiger partial charge in [0, 0.05) is 17.5 Å². The molecule has 1 fully saturated rings. The van der Waals surface area contributed by atoms with Crippen LogP contribution in [-0.2, 0) is 9.53 Å². The maximum Gasteiger partial charge on any atom is 0.336 e. The molecule has 1 aromatic heterocycles. The number of benzene rings is 1. The Morgan fingerprint density at radius 2 is 1.81 bits per heavy atom. The van der Waals surface area contributed by atoms with E-state index in [9.17, 15) is 30.0 Å². The van der Waals surface area contributed by atoms with Gasteiger partial charge in [0.05, 0.1) is 0 Å². The summed E-state index contributed by atoms with van der Waals surface area (Å²) in [6.45, 7) is 1.64. The van der Waals surface area contributed by atoms with Crippen molar-refractivity contribution in [3.05, 3.63) is 34.2 Å². The molecule has 0 bridgehead atoms. The lowest BCUT2D eigenvalue weighted by atomic mass is 9.99. The van der Waals surface area contributed by atoms with E-state index >= 15 is 0 Å². The van der Waals surface area contributed by atoms with E-state index in [1.807, 2.05) is 0 Å². The van der Waals surface area contributed by atoms with Crippen molar-refractivity contribution in [2.24, 2.45) is 0 Å². The van der Waals surface area contributed by atoms with E-state index in [1.54, 1.807) is 6.92 Å². The number of carboxylic acids is 1. The van der Waals surface area contributed by atoms with E-state index in [-0.39, 0.29) is 11.3 Å². The highest BCUT2D eigenvalue weighted by Crippen LogP contribution is 2.34. The number of phenolic OH excluding ortho intramolecular Hbond substituents is 1. The maximum absolute atomic E-state index is 11.5. The van der Waals surface area contributed by atoms with Gasteiger partial charge in [0.15, 0.2) is 17.6 Å². The van der Waals surface area contributed by atoms with E-state index in [4.69, 9.17) is 19.0 Å². The Morgan fingerprint density at radius 1 is 1.12 bits per heavy atom. The molecule has 1 aromatic carbocycles. The van der Waals surface area contributed by atoms with Crippen molar-refractivity contribution < 1.29 is 44.2 Å². The minimum Gasteiger partial charge on any atom is -0.504 e. The molecule has 1 saturated heterocycles. The Balaban J connectivity index is 1.96. The van der Waals surface area contributed by atoms with Crippen molar-refractivity contribution in [3.63, 3.8) is 0 Å². The van der Waals surface area contributed by atoms with Crippen LogP contribution in [0.1, 0.15) is 5.56 Å². The molecule has 10 nitrogen and oxygen atoms in total. The molecule has 10 heteroatoms. The van der Waals surface area contributed by atoms with Gasteiger partial charge in [-0.15, -0.1) is 0 Å². The molecule has 26 heavy (non-hydrogen) atoms. The lowest BCUT2D eigenvalue weighted by Crippen LogP contribution is -2.61. The second kappa shape index (κ2) is 6.57. The van der Waals surface area contributed by atoms with Crippen LogP contribution in [0, 0.1) is 6.92 Å². The highest BCUT2D eigenvalue weighted by molar-refractivity contribution is 5.83. The number of aliphatic hydroxyl groups excluding tert-OH is 3. The van der Waals surface area contributed by atoms with Gasteiger partial charge in [-0.05, 0) is 18.6 Å². The fraction of sp³-hybridized carbons (Fsp3) is 0.375. The summed E-state index contributed by atoms with van der Waals surface area (Å²) in [7, 11) is 0. The topological polar surface area (TPSA) is 167 Å². The Kier molecular flexibility index (Phi) is 4.59. The predicted molar refractivity (Wildman–Crippen MR) is 83.8 cm³/mol. The Bertz CT molecular complexity index is 904. The molecule has 1 aliphatic heterocycles. The summed E-state index contributed by atoms with van der Waals surface area (Å²) >= 11 is 0. The average Bonchev–Trinajstić information content (AvgIpc) is 2.56. The van der Waals surface area contributed by atoms with Crippen LogP contribution < -0.4 is 10.4 Å². The molecule has 0 unspecified atom stereocenters. The fourth-order valence-electron chi connectivity index (χ4n) is 2.70. The summed E-state index contributed by atoms with van der Waals surface area (Å²) in [5.41, 5.74) is 0.0186. The van der Waals surface area contributed by atoms with Gasteiger partial charge in [-0.2, -0.15) is 0 Å². The number of fused-ring (bicyclic) bond motifs is 1. The number of aliphatic carboxylic acids is 1. The van der Waals surface area contributed by atoms with Gasteiger partial charge >= 0.3 is 11.6 Å². The fourth-order valence-corrected chi connectivity index (χ4v) is 2.70. The predicted octanol–water partition coefficient (Wildman–Crippen LogP) is -0.922. The first-order valence-corrected chi connectivity index (χ1v) is 7.55. The molecular weight excluding hydrogens is 352 g/mol. The van der Waals surface area contributed by atoms with Crippen molar-refractivity contribution in [1.29, 1.82) is 0 Å². The van der Waals surface area contributed by atoms with Crippen LogP contribution in [0.3, 0.4) is 0 Å². The van der Waals surface area contributed by atoms with Crippen LogP contribution in [0.15, 0.2) is 27.4 Å². The summed E-state index contributed by atoms with van der Waals surface area (Å²) in [5, 5.41) is 49.0. The summed E-state index contributed by atoms with van der Waals surface area (Å²) in [4.78, 5) is 22.6. The van der Waals surface area contributed by atoms with Crippen molar-refractivity contribution in [1.82, 2.24) is 0 Å². The SMILES string of the molecule is Cc1cc(=O)oc2cc(O[C@@H]3O[C@H](C(=O)O)[C@@H](O)[C@H](O)[C@H]3O)c(O)cc12. The summed E-state index contributed by atoms with van der Waals surface area (Å²) in [5.74, 6) is -2.23. The Hall–Kier alpha value is -2.66. The second-order valence-corrected chi connectivity index (χ2v) is 5.92. The molecule has 140 valence electrons. The third-order valence-electron chi connectivity index (χ3n) is 4.09. The van der Waals surface area contributed by atoms with Crippen LogP contribution >= 0.6 is 0 Å². The van der Waals surface area contributed by atoms with E-state index in [1.165, 1.54) is 18.2 Å². The molecular formula is C16H16O10. The normalized spacial score (nSPS) is 28.8. The number of hydrogen-bond acceptors (Lipinski definition) is 9. The third-order valence-corrected chi connectivity index (χ3v) is 4.09. The molecule has 0 spiro atoms. The largest absolute Gasteiger partial charge is 0.504 e.